The van der Waals surface area contributed by atoms with E-state index in [1.54, 1.807) is 6.20 Å². The van der Waals surface area contributed by atoms with Crippen molar-refractivity contribution in [2.75, 3.05) is 54.1 Å². The van der Waals surface area contributed by atoms with Crippen LogP contribution < -0.4 is 14.5 Å². The minimum Gasteiger partial charge on any atom is -0.378 e. The van der Waals surface area contributed by atoms with Crippen molar-refractivity contribution in [2.24, 2.45) is 0 Å². The normalized spacial score (nSPS) is 14.3. The van der Waals surface area contributed by atoms with Crippen LogP contribution in [0.4, 0.5) is 23.0 Å². The van der Waals surface area contributed by atoms with Crippen LogP contribution in [-0.4, -0.2) is 62.6 Å². The summed E-state index contributed by atoms with van der Waals surface area (Å²) in [5.74, 6) is 1.15. The van der Waals surface area contributed by atoms with Gasteiger partial charge in [-0.2, -0.15) is 0 Å². The van der Waals surface area contributed by atoms with Crippen LogP contribution in [0.2, 0.25) is 0 Å². The topological polar surface area (TPSA) is 92.6 Å². The lowest BCUT2D eigenvalue weighted by atomic mass is 10.2. The van der Waals surface area contributed by atoms with E-state index in [1.807, 2.05) is 36.7 Å². The molecule has 1 N–H and O–H groups in total. The molecule has 1 aliphatic heterocycles. The molecule has 0 aliphatic carbocycles. The summed E-state index contributed by atoms with van der Waals surface area (Å²) in [7, 11) is -1.90. The Morgan fingerprint density at radius 2 is 1.86 bits per heavy atom. The van der Waals surface area contributed by atoms with Gasteiger partial charge in [-0.25, -0.2) is 18.4 Å². The number of fused-ring (bicyclic) bond motifs is 1. The number of anilines is 4. The maximum absolute atomic E-state index is 12.1. The third-order valence-corrected chi connectivity index (χ3v) is 7.34. The van der Waals surface area contributed by atoms with Crippen LogP contribution in [0, 0.1) is 0 Å². The van der Waals surface area contributed by atoms with Crippen molar-refractivity contribution in [3.63, 3.8) is 0 Å². The van der Waals surface area contributed by atoms with Crippen molar-refractivity contribution in [1.82, 2.24) is 14.5 Å². The molecule has 9 nitrogen and oxygen atoms in total. The summed E-state index contributed by atoms with van der Waals surface area (Å²) in [6.45, 7) is 3.80. The van der Waals surface area contributed by atoms with Gasteiger partial charge in [-0.1, -0.05) is 6.07 Å². The monoisotopic (exact) mass is 492 g/mol. The zero-order valence-corrected chi connectivity index (χ0v) is 20.6. The lowest BCUT2D eigenvalue weighted by molar-refractivity contribution is 0.122. The van der Waals surface area contributed by atoms with Gasteiger partial charge in [0.1, 0.15) is 11.6 Å². The number of rotatable bonds is 7. The molecule has 0 atom stereocenters. The van der Waals surface area contributed by atoms with E-state index >= 15 is 0 Å². The number of pyridine rings is 2. The highest BCUT2D eigenvalue weighted by atomic mass is 32.2. The standard InChI is InChI=1S/C25H28N6O3S/c1-29(35(2,32)33)25-20(4-3-10-26-25)18-31-11-9-19-17-27-24(16-23(19)31)28-21-5-7-22(8-6-21)30-12-14-34-15-13-30/h3-11,16-17H,12-15,18H2,1-2H3,(H,27,28). The fraction of sp³-hybridized carbons (Fsp3) is 0.280. The average Bonchev–Trinajstić information content (AvgIpc) is 3.26. The SMILES string of the molecule is CN(c1ncccc1Cn1ccc2cnc(Nc3ccc(N4CCOCC4)cc3)cc21)S(C)(=O)=O. The fourth-order valence-corrected chi connectivity index (χ4v) is 4.67. The highest BCUT2D eigenvalue weighted by Gasteiger charge is 2.18. The van der Waals surface area contributed by atoms with E-state index in [9.17, 15) is 8.42 Å². The summed E-state index contributed by atoms with van der Waals surface area (Å²) in [6.07, 6.45) is 6.59. The first kappa shape index (κ1) is 23.1. The van der Waals surface area contributed by atoms with Crippen molar-refractivity contribution in [2.45, 2.75) is 6.54 Å². The van der Waals surface area contributed by atoms with E-state index in [-0.39, 0.29) is 0 Å². The van der Waals surface area contributed by atoms with E-state index in [0.29, 0.717) is 12.4 Å². The smallest absolute Gasteiger partial charge is 0.233 e. The number of aromatic nitrogens is 3. The van der Waals surface area contributed by atoms with Crippen molar-refractivity contribution in [3.8, 4) is 0 Å². The van der Waals surface area contributed by atoms with Crippen molar-refractivity contribution >= 4 is 43.9 Å². The Kier molecular flexibility index (Phi) is 6.31. The van der Waals surface area contributed by atoms with Gasteiger partial charge in [-0.15, -0.1) is 0 Å². The van der Waals surface area contributed by atoms with Crippen LogP contribution in [-0.2, 0) is 21.3 Å². The zero-order valence-electron chi connectivity index (χ0n) is 19.8. The molecule has 5 rings (SSSR count). The number of hydrogen-bond donors (Lipinski definition) is 1. The van der Waals surface area contributed by atoms with E-state index in [0.717, 1.165) is 54.3 Å². The predicted octanol–water partition coefficient (Wildman–Crippen LogP) is 3.46. The van der Waals surface area contributed by atoms with Gasteiger partial charge in [0, 0.05) is 67.1 Å². The van der Waals surface area contributed by atoms with Crippen molar-refractivity contribution < 1.29 is 13.2 Å². The molecule has 10 heteroatoms. The summed E-state index contributed by atoms with van der Waals surface area (Å²) in [5.41, 5.74) is 3.94. The van der Waals surface area contributed by atoms with Crippen LogP contribution in [0.5, 0.6) is 0 Å². The quantitative estimate of drug-likeness (QED) is 0.422. The van der Waals surface area contributed by atoms with E-state index in [4.69, 9.17) is 4.74 Å². The number of sulfonamides is 1. The molecule has 0 amide bonds. The van der Waals surface area contributed by atoms with Gasteiger partial charge in [0.2, 0.25) is 10.0 Å². The first-order valence-corrected chi connectivity index (χ1v) is 13.3. The Labute approximate surface area is 205 Å². The van der Waals surface area contributed by atoms with E-state index < -0.39 is 10.0 Å². The predicted molar refractivity (Wildman–Crippen MR) is 139 cm³/mol. The largest absolute Gasteiger partial charge is 0.378 e. The molecule has 1 saturated heterocycles. The van der Waals surface area contributed by atoms with Crippen LogP contribution in [0.15, 0.2) is 67.1 Å². The van der Waals surface area contributed by atoms with Crippen molar-refractivity contribution in [3.05, 3.63) is 72.7 Å². The lowest BCUT2D eigenvalue weighted by Gasteiger charge is -2.28. The first-order valence-electron chi connectivity index (χ1n) is 11.4. The second-order valence-corrected chi connectivity index (χ2v) is 10.6. The first-order chi connectivity index (χ1) is 16.9. The molecule has 3 aromatic heterocycles. The number of nitrogens with zero attached hydrogens (tertiary/aromatic N) is 5. The molecule has 1 aliphatic rings. The number of nitrogens with one attached hydrogen (secondary N) is 1. The minimum absolute atomic E-state index is 0.421. The van der Waals surface area contributed by atoms with Gasteiger partial charge in [0.15, 0.2) is 0 Å². The highest BCUT2D eigenvalue weighted by Crippen LogP contribution is 2.26. The summed E-state index contributed by atoms with van der Waals surface area (Å²) in [5, 5.41) is 4.39. The summed E-state index contributed by atoms with van der Waals surface area (Å²) >= 11 is 0. The van der Waals surface area contributed by atoms with Gasteiger partial charge in [0.05, 0.1) is 31.5 Å². The number of benzene rings is 1. The maximum atomic E-state index is 12.1. The molecule has 1 fully saturated rings. The van der Waals surface area contributed by atoms with Crippen LogP contribution >= 0.6 is 0 Å². The molecule has 1 aromatic carbocycles. The molecular formula is C25H28N6O3S. The Morgan fingerprint density at radius 3 is 2.60 bits per heavy atom. The molecule has 0 bridgehead atoms. The van der Waals surface area contributed by atoms with Gasteiger partial charge in [-0.05, 0) is 36.4 Å². The zero-order chi connectivity index (χ0) is 24.4. The molecule has 4 aromatic rings. The Hall–Kier alpha value is -3.63. The number of morpholine rings is 1. The summed E-state index contributed by atoms with van der Waals surface area (Å²) < 4.78 is 32.9. The Balaban J connectivity index is 1.37. The number of hydrogen-bond acceptors (Lipinski definition) is 7. The lowest BCUT2D eigenvalue weighted by Crippen LogP contribution is -2.36. The fourth-order valence-electron chi connectivity index (χ4n) is 4.19. The highest BCUT2D eigenvalue weighted by molar-refractivity contribution is 7.92. The maximum Gasteiger partial charge on any atom is 0.233 e. The molecule has 0 spiro atoms. The molecular weight excluding hydrogens is 464 g/mol. The van der Waals surface area contributed by atoms with E-state index in [2.05, 4.69) is 49.0 Å². The second-order valence-electron chi connectivity index (χ2n) is 8.56. The third kappa shape index (κ3) is 5.08. The Morgan fingerprint density at radius 1 is 1.09 bits per heavy atom. The Bertz CT molecular complexity index is 1430. The van der Waals surface area contributed by atoms with Crippen LogP contribution in [0.1, 0.15) is 5.56 Å². The minimum atomic E-state index is -3.42. The van der Waals surface area contributed by atoms with Gasteiger partial charge >= 0.3 is 0 Å². The molecule has 35 heavy (non-hydrogen) atoms. The van der Waals surface area contributed by atoms with Gasteiger partial charge < -0.3 is 19.5 Å². The van der Waals surface area contributed by atoms with Crippen molar-refractivity contribution in [1.29, 1.82) is 0 Å². The summed E-state index contributed by atoms with van der Waals surface area (Å²) in [4.78, 5) is 11.2. The molecule has 0 saturated carbocycles. The molecule has 182 valence electrons. The molecule has 0 radical (unpaired) electrons. The second kappa shape index (κ2) is 9.55. The molecule has 4 heterocycles. The third-order valence-electron chi connectivity index (χ3n) is 6.18. The van der Waals surface area contributed by atoms with E-state index in [1.165, 1.54) is 23.3 Å². The van der Waals surface area contributed by atoms with Crippen LogP contribution in [0.25, 0.3) is 10.9 Å². The average molecular weight is 493 g/mol. The number of ether oxygens (including phenoxy) is 1. The molecule has 0 unspecified atom stereocenters. The van der Waals surface area contributed by atoms with Gasteiger partial charge in [-0.3, -0.25) is 4.31 Å². The summed E-state index contributed by atoms with van der Waals surface area (Å²) in [6, 6.07) is 16.0. The van der Waals surface area contributed by atoms with Crippen LogP contribution in [0.3, 0.4) is 0 Å². The van der Waals surface area contributed by atoms with Gasteiger partial charge in [0.25, 0.3) is 0 Å².